The van der Waals surface area contributed by atoms with Crippen LogP contribution in [0.25, 0.3) is 10.9 Å². The molecule has 2 aromatic carbocycles. The fourth-order valence-corrected chi connectivity index (χ4v) is 11.2. The van der Waals surface area contributed by atoms with E-state index in [1.807, 2.05) is 34.6 Å². The van der Waals surface area contributed by atoms with Crippen LogP contribution in [-0.4, -0.2) is 153 Å². The van der Waals surface area contributed by atoms with Gasteiger partial charge in [-0.05, 0) is 97.2 Å². The number of H-pyrrole nitrogens is 1. The largest absolute Gasteiger partial charge is 0.492 e. The number of hydrogen-bond acceptors (Lipinski definition) is 18. The predicted molar refractivity (Wildman–Crippen MR) is 291 cm³/mol. The summed E-state index contributed by atoms with van der Waals surface area (Å²) in [5.74, 6) is -0.238. The number of thiazole rings is 1. The van der Waals surface area contributed by atoms with Crippen molar-refractivity contribution in [1.29, 1.82) is 0 Å². The molecule has 2 fully saturated rings. The average Bonchev–Trinajstić information content (AvgIpc) is 4.23. The second-order valence-electron chi connectivity index (χ2n) is 21.5. The Bertz CT molecular complexity index is 3240. The van der Waals surface area contributed by atoms with Gasteiger partial charge in [-0.25, -0.2) is 37.7 Å². The van der Waals surface area contributed by atoms with Crippen molar-refractivity contribution in [2.45, 2.75) is 109 Å². The molecule has 0 radical (unpaired) electrons. The van der Waals surface area contributed by atoms with Crippen LogP contribution in [0.5, 0.6) is 5.75 Å². The van der Waals surface area contributed by atoms with E-state index in [4.69, 9.17) is 4.74 Å². The lowest BCUT2D eigenvalue weighted by molar-refractivity contribution is -0.140. The summed E-state index contributed by atoms with van der Waals surface area (Å²) < 4.78 is 46.8. The van der Waals surface area contributed by atoms with Gasteiger partial charge >= 0.3 is 0 Å². The van der Waals surface area contributed by atoms with Crippen molar-refractivity contribution in [1.82, 2.24) is 60.9 Å². The molecule has 0 spiro atoms. The molecule has 0 unspecified atom stereocenters. The highest BCUT2D eigenvalue weighted by molar-refractivity contribution is 7.92. The van der Waals surface area contributed by atoms with E-state index in [0.717, 1.165) is 24.3 Å². The number of aromatic amines is 1. The van der Waals surface area contributed by atoms with Gasteiger partial charge in [0.15, 0.2) is 15.7 Å². The maximum absolute atomic E-state index is 14.6. The predicted octanol–water partition coefficient (Wildman–Crippen LogP) is 5.70. The van der Waals surface area contributed by atoms with Crippen LogP contribution >= 0.6 is 11.3 Å². The third-order valence-electron chi connectivity index (χ3n) is 14.0. The van der Waals surface area contributed by atoms with Crippen LogP contribution in [0.4, 0.5) is 21.8 Å². The normalized spacial score (nSPS) is 17.3. The Labute approximate surface area is 451 Å². The molecule has 3 amide bonds. The monoisotopic (exact) mass is 1090 g/mol. The first-order chi connectivity index (χ1) is 36.4. The molecule has 5 N–H and O–H groups in total. The molecule has 24 heteroatoms. The van der Waals surface area contributed by atoms with Crippen LogP contribution in [0.3, 0.4) is 0 Å². The van der Waals surface area contributed by atoms with E-state index >= 15 is 0 Å². The molecular formula is C53H67FN14O7S2. The van der Waals surface area contributed by atoms with Gasteiger partial charge < -0.3 is 35.8 Å². The number of hydrogen-bond donors (Lipinski definition) is 5. The van der Waals surface area contributed by atoms with Crippen molar-refractivity contribution in [3.05, 3.63) is 99.5 Å². The Balaban J connectivity index is 0.882. The van der Waals surface area contributed by atoms with Crippen molar-refractivity contribution >= 4 is 73.0 Å². The number of sulfone groups is 1. The van der Waals surface area contributed by atoms with Crippen LogP contribution in [0.15, 0.2) is 65.4 Å². The van der Waals surface area contributed by atoms with Gasteiger partial charge in [-0.3, -0.25) is 29.2 Å². The topological polar surface area (TPSA) is 263 Å². The number of rotatable bonds is 18. The number of nitrogens with zero attached hydrogens (tertiary/aromatic N) is 9. The summed E-state index contributed by atoms with van der Waals surface area (Å²) in [6.07, 6.45) is 5.30. The van der Waals surface area contributed by atoms with Crippen LogP contribution in [0.1, 0.15) is 110 Å². The molecule has 21 nitrogen and oxygen atoms in total. The van der Waals surface area contributed by atoms with Crippen LogP contribution < -0.4 is 30.9 Å². The van der Waals surface area contributed by atoms with Crippen molar-refractivity contribution in [3.8, 4) is 5.75 Å². The maximum Gasteiger partial charge on any atom is 0.271 e. The van der Waals surface area contributed by atoms with E-state index in [2.05, 4.69) is 66.2 Å². The first kappa shape index (κ1) is 56.2. The number of ether oxygens (including phenoxy) is 1. The number of aromatic nitrogens is 7. The summed E-state index contributed by atoms with van der Waals surface area (Å²) in [5.41, 5.74) is 2.11. The lowest BCUT2D eigenvalue weighted by Gasteiger charge is -2.36. The Morgan fingerprint density at radius 2 is 1.66 bits per heavy atom. The van der Waals surface area contributed by atoms with Crippen LogP contribution in [0, 0.1) is 25.1 Å². The van der Waals surface area contributed by atoms with Gasteiger partial charge in [0.1, 0.15) is 56.9 Å². The molecule has 77 heavy (non-hydrogen) atoms. The van der Waals surface area contributed by atoms with E-state index < -0.39 is 61.7 Å². The first-order valence-corrected chi connectivity index (χ1v) is 27.9. The fourth-order valence-electron chi connectivity index (χ4n) is 8.99. The van der Waals surface area contributed by atoms with Gasteiger partial charge in [0.05, 0.1) is 41.3 Å². The van der Waals surface area contributed by atoms with Crippen molar-refractivity contribution in [2.75, 3.05) is 63.1 Å². The number of fused-ring (bicyclic) bond motifs is 1. The molecule has 0 saturated carbocycles. The highest BCUT2D eigenvalue weighted by Crippen LogP contribution is 2.39. The number of halogens is 1. The molecule has 6 heterocycles. The summed E-state index contributed by atoms with van der Waals surface area (Å²) >= 11 is 1.20. The molecule has 2 saturated heterocycles. The first-order valence-electron chi connectivity index (χ1n) is 25.5. The van der Waals surface area contributed by atoms with Gasteiger partial charge in [-0.15, -0.1) is 11.3 Å². The number of amides is 3. The van der Waals surface area contributed by atoms with Crippen molar-refractivity contribution < 1.29 is 36.7 Å². The number of carbonyl (C=O) groups excluding carboxylic acids is 4. The highest BCUT2D eigenvalue weighted by Gasteiger charge is 2.45. The number of anilines is 3. The van der Waals surface area contributed by atoms with E-state index in [1.165, 1.54) is 48.1 Å². The number of nitrogens with one attached hydrogen (secondary N) is 5. The van der Waals surface area contributed by atoms with E-state index in [-0.39, 0.29) is 59.0 Å². The standard InChI is InChI=1S/C53H67FN14O7S2/c1-30-31(2)64-65-46(30)63-47-36-23-42(77(73,74)53(7,8)9)41(24-37(36)58-29-59-47)75-21-11-16-66-17-19-67(20-18-66)43-26-56-38(25-57-43)49(71)60-35-22-40(50-61-39(28-76-50)44(69)33-12-14-34(54)15-13-33)68(27-35)51(72)45(52(4,5)6)62-48(70)32(3)55-10/h12-15,23-26,28-29,32,35,40,45,55H,11,16-22,27H2,1-10H3,(H,60,71)(H,62,70)(H2,58,59,63,64,65)/t32-,35+,40+,45+/m1/s1. The number of aryl methyl sites for hydroxylation is 1. The zero-order chi connectivity index (χ0) is 55.6. The lowest BCUT2D eigenvalue weighted by Crippen LogP contribution is -2.57. The number of carbonyl (C=O) groups is 4. The zero-order valence-electron chi connectivity index (χ0n) is 45.0. The van der Waals surface area contributed by atoms with Gasteiger partial charge in [-0.2, -0.15) is 5.10 Å². The van der Waals surface area contributed by atoms with E-state index in [0.29, 0.717) is 59.4 Å². The molecule has 410 valence electrons. The van der Waals surface area contributed by atoms with Crippen LogP contribution in [-0.2, 0) is 19.4 Å². The minimum Gasteiger partial charge on any atom is -0.492 e. The molecule has 2 aliphatic rings. The summed E-state index contributed by atoms with van der Waals surface area (Å²) in [7, 11) is -2.20. The molecule has 4 atom stereocenters. The third kappa shape index (κ3) is 12.6. The number of ketones is 1. The quantitative estimate of drug-likeness (QED) is 0.0510. The summed E-state index contributed by atoms with van der Waals surface area (Å²) in [5, 5.41) is 22.0. The average molecular weight is 1100 g/mol. The maximum atomic E-state index is 14.6. The molecule has 8 rings (SSSR count). The fraction of sp³-hybridized carbons (Fsp3) is 0.472. The van der Waals surface area contributed by atoms with Gasteiger partial charge in [0.25, 0.3) is 5.91 Å². The molecule has 0 bridgehead atoms. The third-order valence-corrected chi connectivity index (χ3v) is 17.5. The molecule has 0 aliphatic carbocycles. The Kier molecular flexibility index (Phi) is 16.7. The van der Waals surface area contributed by atoms with Gasteiger partial charge in [0, 0.05) is 79.0 Å². The second-order valence-corrected chi connectivity index (χ2v) is 25.1. The minimum atomic E-state index is -3.86. The Morgan fingerprint density at radius 1 is 0.935 bits per heavy atom. The lowest BCUT2D eigenvalue weighted by atomic mass is 9.85. The van der Waals surface area contributed by atoms with E-state index in [9.17, 15) is 32.0 Å². The summed E-state index contributed by atoms with van der Waals surface area (Å²) in [6.45, 7) is 19.9. The summed E-state index contributed by atoms with van der Waals surface area (Å²) in [4.78, 5) is 83.6. The molecule has 4 aromatic heterocycles. The summed E-state index contributed by atoms with van der Waals surface area (Å²) in [6, 6.07) is 5.71. The van der Waals surface area contributed by atoms with Crippen molar-refractivity contribution in [2.24, 2.45) is 5.41 Å². The number of piperazine rings is 1. The van der Waals surface area contributed by atoms with Gasteiger partial charge in [0.2, 0.25) is 17.6 Å². The second kappa shape index (κ2) is 22.9. The number of likely N-dealkylation sites (tertiary alicyclic amines) is 1. The minimum absolute atomic E-state index is 0.0588. The molecule has 6 aromatic rings. The smallest absolute Gasteiger partial charge is 0.271 e. The number of benzene rings is 2. The zero-order valence-corrected chi connectivity index (χ0v) is 46.7. The Hall–Kier alpha value is -7.02. The van der Waals surface area contributed by atoms with Crippen molar-refractivity contribution in [3.63, 3.8) is 0 Å². The SMILES string of the molecule is CN[C@H](C)C(=O)N[C@@H](C(=O)N1C[C@@H](NC(=O)c2cnc(N3CCN(CCCOc4cc5ncnc(Nc6n[nH]c(C)c6C)c5cc4S(=O)(=O)C(C)(C)C)CC3)cn2)C[C@H]1c1nc(C(=O)c2ccc(F)cc2)cs1)C(C)(C)C. The molecular weight excluding hydrogens is 1030 g/mol. The van der Waals surface area contributed by atoms with Gasteiger partial charge in [-0.1, -0.05) is 20.8 Å². The number of likely N-dealkylation sites (N-methyl/N-ethyl adjacent to an activating group) is 1. The van der Waals surface area contributed by atoms with E-state index in [1.54, 1.807) is 63.4 Å². The Morgan fingerprint density at radius 3 is 2.30 bits per heavy atom. The molecule has 2 aliphatic heterocycles. The van der Waals surface area contributed by atoms with Crippen LogP contribution in [0.2, 0.25) is 0 Å². The highest BCUT2D eigenvalue weighted by atomic mass is 32.2.